The highest BCUT2D eigenvalue weighted by molar-refractivity contribution is 5.89. The second-order valence-electron chi connectivity index (χ2n) is 4.17. The highest BCUT2D eigenvalue weighted by Crippen LogP contribution is 2.11. The number of rotatable bonds is 5. The number of aromatic nitrogens is 1. The molecular weight excluding hydrogens is 240 g/mol. The lowest BCUT2D eigenvalue weighted by atomic mass is 10.2. The van der Waals surface area contributed by atoms with Crippen LogP contribution < -0.4 is 10.1 Å². The van der Waals surface area contributed by atoms with Gasteiger partial charge in [0.25, 0.3) is 0 Å². The molecule has 0 saturated heterocycles. The van der Waals surface area contributed by atoms with Gasteiger partial charge in [-0.2, -0.15) is 0 Å². The van der Waals surface area contributed by atoms with Crippen molar-refractivity contribution in [3.63, 3.8) is 0 Å². The van der Waals surface area contributed by atoms with Gasteiger partial charge in [0.05, 0.1) is 13.0 Å². The van der Waals surface area contributed by atoms with E-state index >= 15 is 0 Å². The monoisotopic (exact) mass is 256 g/mol. The molecule has 19 heavy (non-hydrogen) atoms. The number of nitrogens with one attached hydrogen (secondary N) is 1. The summed E-state index contributed by atoms with van der Waals surface area (Å²) in [6, 6.07) is 13.1. The number of hydrogen-bond acceptors (Lipinski definition) is 3. The van der Waals surface area contributed by atoms with Crippen LogP contribution in [0, 0.1) is 6.92 Å². The summed E-state index contributed by atoms with van der Waals surface area (Å²) < 4.78 is 5.49. The van der Waals surface area contributed by atoms with Gasteiger partial charge < -0.3 is 10.1 Å². The molecule has 0 saturated carbocycles. The molecule has 1 aromatic heterocycles. The fraction of sp³-hybridized carbons (Fsp3) is 0.200. The number of ether oxygens (including phenoxy) is 1. The van der Waals surface area contributed by atoms with Gasteiger partial charge in [0, 0.05) is 6.20 Å². The summed E-state index contributed by atoms with van der Waals surface area (Å²) >= 11 is 0. The molecule has 0 radical (unpaired) electrons. The van der Waals surface area contributed by atoms with Gasteiger partial charge in [-0.15, -0.1) is 0 Å². The molecule has 2 aromatic rings. The summed E-state index contributed by atoms with van der Waals surface area (Å²) in [7, 11) is 0. The second-order valence-corrected chi connectivity index (χ2v) is 4.17. The molecule has 1 N–H and O–H groups in total. The Labute approximate surface area is 112 Å². The maximum Gasteiger partial charge on any atom is 0.228 e. The standard InChI is InChI=1S/C15H16N2O2/c1-12-5-7-13(8-6-12)19-11-9-15(18)17-14-4-2-3-10-16-14/h2-8,10H,9,11H2,1H3,(H,16,17,18). The zero-order valence-electron chi connectivity index (χ0n) is 10.8. The topological polar surface area (TPSA) is 51.2 Å². The van der Waals surface area contributed by atoms with Crippen molar-refractivity contribution in [2.75, 3.05) is 11.9 Å². The van der Waals surface area contributed by atoms with E-state index in [4.69, 9.17) is 4.74 Å². The summed E-state index contributed by atoms with van der Waals surface area (Å²) in [6.07, 6.45) is 1.93. The highest BCUT2D eigenvalue weighted by atomic mass is 16.5. The Balaban J connectivity index is 1.74. The van der Waals surface area contributed by atoms with E-state index in [9.17, 15) is 4.79 Å². The van der Waals surface area contributed by atoms with Gasteiger partial charge in [0.15, 0.2) is 0 Å². The summed E-state index contributed by atoms with van der Waals surface area (Å²) in [6.45, 7) is 2.37. The van der Waals surface area contributed by atoms with E-state index in [0.29, 0.717) is 18.8 Å². The van der Waals surface area contributed by atoms with Gasteiger partial charge in [-0.3, -0.25) is 4.79 Å². The molecule has 4 heteroatoms. The van der Waals surface area contributed by atoms with Crippen molar-refractivity contribution in [1.29, 1.82) is 0 Å². The Morgan fingerprint density at radius 1 is 1.21 bits per heavy atom. The Morgan fingerprint density at radius 2 is 2.00 bits per heavy atom. The molecule has 0 aliphatic heterocycles. The first-order valence-electron chi connectivity index (χ1n) is 6.14. The summed E-state index contributed by atoms with van der Waals surface area (Å²) in [5, 5.41) is 2.71. The van der Waals surface area contributed by atoms with E-state index in [1.807, 2.05) is 37.3 Å². The Bertz CT molecular complexity index is 524. The lowest BCUT2D eigenvalue weighted by Gasteiger charge is -2.07. The van der Waals surface area contributed by atoms with Crippen LogP contribution in [0.15, 0.2) is 48.7 Å². The molecule has 0 bridgehead atoms. The van der Waals surface area contributed by atoms with E-state index < -0.39 is 0 Å². The lowest BCUT2D eigenvalue weighted by Crippen LogP contribution is -2.15. The van der Waals surface area contributed by atoms with E-state index in [0.717, 1.165) is 5.75 Å². The predicted octanol–water partition coefficient (Wildman–Crippen LogP) is 2.80. The molecular formula is C15H16N2O2. The number of pyridine rings is 1. The van der Waals surface area contributed by atoms with Crippen molar-refractivity contribution < 1.29 is 9.53 Å². The minimum absolute atomic E-state index is 0.106. The molecule has 2 rings (SSSR count). The van der Waals surface area contributed by atoms with Crippen LogP contribution in [0.4, 0.5) is 5.82 Å². The summed E-state index contributed by atoms with van der Waals surface area (Å²) in [4.78, 5) is 15.6. The van der Waals surface area contributed by atoms with Gasteiger partial charge in [0.2, 0.25) is 5.91 Å². The molecule has 4 nitrogen and oxygen atoms in total. The smallest absolute Gasteiger partial charge is 0.228 e. The number of amides is 1. The van der Waals surface area contributed by atoms with Gasteiger partial charge in [0.1, 0.15) is 11.6 Å². The largest absolute Gasteiger partial charge is 0.493 e. The van der Waals surface area contributed by atoms with Gasteiger partial charge >= 0.3 is 0 Å². The summed E-state index contributed by atoms with van der Waals surface area (Å²) in [5.41, 5.74) is 1.18. The normalized spacial score (nSPS) is 9.95. The van der Waals surface area contributed by atoms with Crippen molar-refractivity contribution in [2.45, 2.75) is 13.3 Å². The summed E-state index contributed by atoms with van der Waals surface area (Å²) in [5.74, 6) is 1.23. The van der Waals surface area contributed by atoms with Crippen LogP contribution in [0.25, 0.3) is 0 Å². The maximum absolute atomic E-state index is 11.6. The van der Waals surface area contributed by atoms with E-state index in [1.54, 1.807) is 18.3 Å². The number of anilines is 1. The van der Waals surface area contributed by atoms with Crippen LogP contribution in [0.1, 0.15) is 12.0 Å². The van der Waals surface area contributed by atoms with Crippen LogP contribution in [0.3, 0.4) is 0 Å². The van der Waals surface area contributed by atoms with Crippen LogP contribution in [0.2, 0.25) is 0 Å². The van der Waals surface area contributed by atoms with Crippen molar-refractivity contribution in [2.24, 2.45) is 0 Å². The molecule has 1 amide bonds. The quantitative estimate of drug-likeness (QED) is 0.895. The van der Waals surface area contributed by atoms with Gasteiger partial charge in [-0.25, -0.2) is 4.98 Å². The van der Waals surface area contributed by atoms with Crippen LogP contribution in [-0.2, 0) is 4.79 Å². The molecule has 0 atom stereocenters. The minimum atomic E-state index is -0.106. The molecule has 0 unspecified atom stereocenters. The number of carbonyl (C=O) groups excluding carboxylic acids is 1. The zero-order chi connectivity index (χ0) is 13.5. The third-order valence-electron chi connectivity index (χ3n) is 2.55. The number of benzene rings is 1. The first-order valence-corrected chi connectivity index (χ1v) is 6.14. The first-order chi connectivity index (χ1) is 9.24. The van der Waals surface area contributed by atoms with E-state index in [2.05, 4.69) is 10.3 Å². The number of nitrogens with zero attached hydrogens (tertiary/aromatic N) is 1. The molecule has 98 valence electrons. The number of hydrogen-bond donors (Lipinski definition) is 1. The van der Waals surface area contributed by atoms with Crippen molar-refractivity contribution in [3.05, 3.63) is 54.2 Å². The third-order valence-corrected chi connectivity index (χ3v) is 2.55. The van der Waals surface area contributed by atoms with E-state index in [-0.39, 0.29) is 5.91 Å². The second kappa shape index (κ2) is 6.54. The molecule has 0 aliphatic carbocycles. The molecule has 0 fully saturated rings. The van der Waals surface area contributed by atoms with E-state index in [1.165, 1.54) is 5.56 Å². The van der Waals surface area contributed by atoms with Crippen LogP contribution in [-0.4, -0.2) is 17.5 Å². The molecule has 0 spiro atoms. The van der Waals surface area contributed by atoms with Crippen molar-refractivity contribution >= 4 is 11.7 Å². The average Bonchev–Trinajstić information content (AvgIpc) is 2.42. The Hall–Kier alpha value is -2.36. The fourth-order valence-electron chi connectivity index (χ4n) is 1.54. The zero-order valence-corrected chi connectivity index (χ0v) is 10.8. The average molecular weight is 256 g/mol. The highest BCUT2D eigenvalue weighted by Gasteiger charge is 2.03. The molecule has 0 aliphatic rings. The molecule has 1 aromatic carbocycles. The van der Waals surface area contributed by atoms with Crippen LogP contribution >= 0.6 is 0 Å². The molecule has 1 heterocycles. The number of carbonyl (C=O) groups is 1. The maximum atomic E-state index is 11.6. The van der Waals surface area contributed by atoms with Gasteiger partial charge in [-0.05, 0) is 31.2 Å². The lowest BCUT2D eigenvalue weighted by molar-refractivity contribution is -0.116. The van der Waals surface area contributed by atoms with Crippen molar-refractivity contribution in [3.8, 4) is 5.75 Å². The van der Waals surface area contributed by atoms with Gasteiger partial charge in [-0.1, -0.05) is 23.8 Å². The third kappa shape index (κ3) is 4.43. The van der Waals surface area contributed by atoms with Crippen molar-refractivity contribution in [1.82, 2.24) is 4.98 Å². The number of aryl methyl sites for hydroxylation is 1. The minimum Gasteiger partial charge on any atom is -0.493 e. The fourth-order valence-corrected chi connectivity index (χ4v) is 1.54. The SMILES string of the molecule is Cc1ccc(OCCC(=O)Nc2ccccn2)cc1. The first kappa shape index (κ1) is 13.1. The Kier molecular flexibility index (Phi) is 4.50. The predicted molar refractivity (Wildman–Crippen MR) is 74.2 cm³/mol. The van der Waals surface area contributed by atoms with Crippen LogP contribution in [0.5, 0.6) is 5.75 Å². The Morgan fingerprint density at radius 3 is 2.68 bits per heavy atom.